The summed E-state index contributed by atoms with van der Waals surface area (Å²) in [7, 11) is 0. The summed E-state index contributed by atoms with van der Waals surface area (Å²) in [5.41, 5.74) is 3.31. The summed E-state index contributed by atoms with van der Waals surface area (Å²) >= 11 is 0. The van der Waals surface area contributed by atoms with Gasteiger partial charge in [-0.2, -0.15) is 0 Å². The summed E-state index contributed by atoms with van der Waals surface area (Å²) in [6.07, 6.45) is 3.10. The topological polar surface area (TPSA) is 122 Å². The van der Waals surface area contributed by atoms with Crippen molar-refractivity contribution in [3.8, 4) is 57.1 Å². The van der Waals surface area contributed by atoms with Gasteiger partial charge in [0.15, 0.2) is 0 Å². The van der Waals surface area contributed by atoms with Gasteiger partial charge >= 0.3 is 23.9 Å². The van der Waals surface area contributed by atoms with E-state index in [0.29, 0.717) is 22.4 Å². The van der Waals surface area contributed by atoms with Crippen molar-refractivity contribution in [1.82, 2.24) is 0 Å². The van der Waals surface area contributed by atoms with Crippen LogP contribution in [0.3, 0.4) is 0 Å². The van der Waals surface area contributed by atoms with E-state index >= 15 is 0 Å². The summed E-state index contributed by atoms with van der Waals surface area (Å²) < 4.78 is 20.9. The highest BCUT2D eigenvalue weighted by atomic mass is 16.5. The molecule has 0 radical (unpaired) electrons. The van der Waals surface area contributed by atoms with E-state index in [4.69, 9.17) is 18.9 Å². The van der Waals surface area contributed by atoms with Gasteiger partial charge in [-0.1, -0.05) is 68.0 Å². The second kappa shape index (κ2) is 15.1. The van der Waals surface area contributed by atoms with Crippen molar-refractivity contribution in [3.05, 3.63) is 134 Å². The first-order chi connectivity index (χ1) is 22.2. The van der Waals surface area contributed by atoms with Gasteiger partial charge in [-0.15, -0.1) is 0 Å². The fourth-order valence-corrected chi connectivity index (χ4v) is 3.95. The number of aldehydes is 1. The third kappa shape index (κ3) is 8.40. The van der Waals surface area contributed by atoms with E-state index in [-0.39, 0.29) is 29.1 Å². The van der Waals surface area contributed by atoms with Crippen molar-refractivity contribution in [2.75, 3.05) is 0 Å². The van der Waals surface area contributed by atoms with Gasteiger partial charge in [0, 0.05) is 35.4 Å². The third-order valence-corrected chi connectivity index (χ3v) is 6.12. The molecule has 4 aromatic carbocycles. The molecule has 0 fully saturated rings. The van der Waals surface area contributed by atoms with Crippen LogP contribution in [0.4, 0.5) is 0 Å². The predicted molar refractivity (Wildman–Crippen MR) is 169 cm³/mol. The largest absolute Gasteiger partial charge is 0.423 e. The molecule has 4 aromatic rings. The molecule has 0 atom stereocenters. The molecule has 0 unspecified atom stereocenters. The lowest BCUT2D eigenvalue weighted by Gasteiger charge is -2.14. The van der Waals surface area contributed by atoms with Crippen LogP contribution >= 0.6 is 0 Å². The molecule has 0 saturated heterocycles. The molecule has 0 N–H and O–H groups in total. The zero-order chi connectivity index (χ0) is 33.1. The zero-order valence-electron chi connectivity index (χ0n) is 24.2. The maximum Gasteiger partial charge on any atom is 0.376 e. The number of benzene rings is 4. The third-order valence-electron chi connectivity index (χ3n) is 6.12. The number of carbonyl (C=O) groups is 5. The molecule has 0 aliphatic heterocycles. The van der Waals surface area contributed by atoms with E-state index in [1.165, 1.54) is 24.3 Å². The van der Waals surface area contributed by atoms with Gasteiger partial charge in [0.2, 0.25) is 6.29 Å². The van der Waals surface area contributed by atoms with Crippen molar-refractivity contribution >= 4 is 30.2 Å². The Hall–Kier alpha value is -6.79. The fraction of sp³-hybridized carbons (Fsp3) is 0. The van der Waals surface area contributed by atoms with Gasteiger partial charge in [-0.3, -0.25) is 4.79 Å². The van der Waals surface area contributed by atoms with E-state index in [9.17, 15) is 24.0 Å². The zero-order valence-corrected chi connectivity index (χ0v) is 24.2. The summed E-state index contributed by atoms with van der Waals surface area (Å²) in [5.74, 6) is 3.41. The minimum absolute atomic E-state index is 0.0139. The molecule has 46 heavy (non-hydrogen) atoms. The van der Waals surface area contributed by atoms with Crippen LogP contribution in [-0.4, -0.2) is 30.2 Å². The average molecular weight is 613 g/mol. The molecule has 226 valence electrons. The normalized spacial score (nSPS) is 9.83. The second-order valence-corrected chi connectivity index (χ2v) is 9.14. The highest BCUT2D eigenvalue weighted by Gasteiger charge is 2.17. The molecular weight excluding hydrogens is 588 g/mol. The van der Waals surface area contributed by atoms with Gasteiger partial charge in [0.05, 0.1) is 5.56 Å². The maximum atomic E-state index is 12.2. The van der Waals surface area contributed by atoms with Gasteiger partial charge in [-0.05, 0) is 59.2 Å². The SMILES string of the molecule is C=CC(=O)Oc1ccc(-c2ccc(C#Cc3cc(OC(=O)C=C)c(-c4ccc(OC(=O)C=C)cc4)cc3OC(=O)C=O)cc2)cc1. The number of rotatable bonds is 10. The first kappa shape index (κ1) is 32.1. The highest BCUT2D eigenvalue weighted by molar-refractivity contribution is 6.21. The molecule has 9 nitrogen and oxygen atoms in total. The lowest BCUT2D eigenvalue weighted by molar-refractivity contribution is -0.141. The van der Waals surface area contributed by atoms with Crippen LogP contribution in [0.15, 0.2) is 123 Å². The number of hydrogen-bond donors (Lipinski definition) is 0. The Morgan fingerprint density at radius 3 is 1.48 bits per heavy atom. The van der Waals surface area contributed by atoms with E-state index in [2.05, 4.69) is 31.6 Å². The van der Waals surface area contributed by atoms with E-state index in [0.717, 1.165) is 29.4 Å². The Bertz CT molecular complexity index is 1910. The maximum absolute atomic E-state index is 12.2. The van der Waals surface area contributed by atoms with Crippen LogP contribution in [0.25, 0.3) is 22.3 Å². The molecule has 9 heteroatoms. The van der Waals surface area contributed by atoms with Crippen molar-refractivity contribution < 1.29 is 42.9 Å². The van der Waals surface area contributed by atoms with Crippen molar-refractivity contribution in [2.45, 2.75) is 0 Å². The minimum atomic E-state index is -1.16. The Balaban J connectivity index is 1.69. The molecule has 0 heterocycles. The standard InChI is InChI=1S/C37H24O9/c1-4-34(39)43-29-17-13-26(14-18-29)25-10-7-24(8-11-25)9-12-28-21-33(46-36(41)6-3)31(22-32(28)45-37(42)23-38)27-15-19-30(20-16-27)44-35(40)5-2/h4-8,10-11,13-23H,1-3H2. The molecule has 4 rings (SSSR count). The first-order valence-corrected chi connectivity index (χ1v) is 13.4. The summed E-state index contributed by atoms with van der Waals surface area (Å²) in [6, 6.07) is 23.2. The predicted octanol–water partition coefficient (Wildman–Crippen LogP) is 5.80. The van der Waals surface area contributed by atoms with E-state index in [1.54, 1.807) is 48.5 Å². The minimum Gasteiger partial charge on any atom is -0.423 e. The Morgan fingerprint density at radius 2 is 0.978 bits per heavy atom. The Labute approximate surface area is 264 Å². The van der Waals surface area contributed by atoms with Gasteiger partial charge < -0.3 is 18.9 Å². The monoisotopic (exact) mass is 612 g/mol. The van der Waals surface area contributed by atoms with Crippen LogP contribution in [0, 0.1) is 11.8 Å². The molecule has 0 saturated carbocycles. The van der Waals surface area contributed by atoms with Crippen molar-refractivity contribution in [3.63, 3.8) is 0 Å². The Kier molecular flexibility index (Phi) is 10.5. The first-order valence-electron chi connectivity index (χ1n) is 13.4. The van der Waals surface area contributed by atoms with Crippen LogP contribution < -0.4 is 18.9 Å². The quantitative estimate of drug-likeness (QED) is 0.0546. The summed E-state index contributed by atoms with van der Waals surface area (Å²) in [5, 5.41) is 0. The Morgan fingerprint density at radius 1 is 0.522 bits per heavy atom. The molecule has 0 bridgehead atoms. The van der Waals surface area contributed by atoms with Crippen LogP contribution in [0.2, 0.25) is 0 Å². The number of carbonyl (C=O) groups excluding carboxylic acids is 5. The molecule has 0 amide bonds. The van der Waals surface area contributed by atoms with Crippen molar-refractivity contribution in [1.29, 1.82) is 0 Å². The molecule has 0 aliphatic rings. The van der Waals surface area contributed by atoms with Crippen LogP contribution in [0.5, 0.6) is 23.0 Å². The molecular formula is C37H24O9. The smallest absolute Gasteiger partial charge is 0.376 e. The highest BCUT2D eigenvalue weighted by Crippen LogP contribution is 2.37. The van der Waals surface area contributed by atoms with Gasteiger partial charge in [0.1, 0.15) is 23.0 Å². The van der Waals surface area contributed by atoms with Crippen LogP contribution in [-0.2, 0) is 24.0 Å². The van der Waals surface area contributed by atoms with Crippen LogP contribution in [0.1, 0.15) is 11.1 Å². The van der Waals surface area contributed by atoms with Gasteiger partial charge in [-0.25, -0.2) is 19.2 Å². The summed E-state index contributed by atoms with van der Waals surface area (Å²) in [6.45, 7) is 10.2. The van der Waals surface area contributed by atoms with E-state index in [1.807, 2.05) is 12.1 Å². The molecule has 0 aromatic heterocycles. The summed E-state index contributed by atoms with van der Waals surface area (Å²) in [4.78, 5) is 58.2. The molecule has 0 aliphatic carbocycles. The number of esters is 4. The lowest BCUT2D eigenvalue weighted by atomic mass is 10.0. The lowest BCUT2D eigenvalue weighted by Crippen LogP contribution is -2.11. The van der Waals surface area contributed by atoms with Gasteiger partial charge in [0.25, 0.3) is 0 Å². The average Bonchev–Trinajstić information content (AvgIpc) is 3.08. The molecule has 0 spiro atoms. The van der Waals surface area contributed by atoms with Crippen molar-refractivity contribution in [2.24, 2.45) is 0 Å². The number of hydrogen-bond acceptors (Lipinski definition) is 9. The second-order valence-electron chi connectivity index (χ2n) is 9.14. The number of ether oxygens (including phenoxy) is 4. The van der Waals surface area contributed by atoms with E-state index < -0.39 is 23.9 Å². The fourth-order valence-electron chi connectivity index (χ4n) is 3.95.